The fraction of sp³-hybridized carbons (Fsp3) is 0.333. The minimum absolute atomic E-state index is 0.516. The van der Waals surface area contributed by atoms with Crippen LogP contribution in [-0.2, 0) is 13.1 Å². The molecule has 4 nitrogen and oxygen atoms in total. The molecule has 0 aliphatic heterocycles. The molecule has 3 heterocycles. The lowest BCUT2D eigenvalue weighted by atomic mass is 10.1. The highest BCUT2D eigenvalue weighted by Gasteiger charge is 2.16. The molecule has 0 saturated heterocycles. The van der Waals surface area contributed by atoms with Gasteiger partial charge in [0.2, 0.25) is 0 Å². The third kappa shape index (κ3) is 3.86. The molecule has 5 heteroatoms. The van der Waals surface area contributed by atoms with E-state index in [1.54, 1.807) is 11.3 Å². The summed E-state index contributed by atoms with van der Waals surface area (Å²) in [5.74, 6) is 0. The molecule has 0 aliphatic carbocycles. The van der Waals surface area contributed by atoms with Crippen LogP contribution in [0.2, 0.25) is 0 Å². The number of aromatic nitrogens is 3. The molecule has 3 rings (SSSR count). The first-order valence-corrected chi connectivity index (χ1v) is 8.85. The van der Waals surface area contributed by atoms with Crippen LogP contribution in [-0.4, -0.2) is 25.5 Å². The Hall–Kier alpha value is -1.98. The Bertz CT molecular complexity index is 706. The fourth-order valence-corrected chi connectivity index (χ4v) is 3.28. The zero-order chi connectivity index (χ0) is 16.1. The molecule has 1 unspecified atom stereocenters. The lowest BCUT2D eigenvalue weighted by Crippen LogP contribution is -2.32. The highest BCUT2D eigenvalue weighted by atomic mass is 32.1. The van der Waals surface area contributed by atoms with Gasteiger partial charge in [0.1, 0.15) is 0 Å². The molecular weight excluding hydrogens is 304 g/mol. The number of thiazole rings is 1. The number of hydrogen-bond donors (Lipinski definition) is 0. The summed E-state index contributed by atoms with van der Waals surface area (Å²) >= 11 is 1.67. The predicted molar refractivity (Wildman–Crippen MR) is 94.7 cm³/mol. The van der Waals surface area contributed by atoms with Gasteiger partial charge >= 0.3 is 0 Å². The molecule has 0 aromatic carbocycles. The summed E-state index contributed by atoms with van der Waals surface area (Å²) in [4.78, 5) is 11.1. The Labute approximate surface area is 141 Å². The van der Waals surface area contributed by atoms with Crippen molar-refractivity contribution < 1.29 is 0 Å². The normalized spacial score (nSPS) is 12.7. The largest absolute Gasteiger partial charge is 0.296 e. The zero-order valence-electron chi connectivity index (χ0n) is 13.6. The molecule has 0 fully saturated rings. The number of hydrogen-bond acceptors (Lipinski definition) is 4. The summed E-state index contributed by atoms with van der Waals surface area (Å²) < 4.78 is 2.19. The third-order valence-corrected chi connectivity index (χ3v) is 4.94. The molecule has 3 aromatic rings. The summed E-state index contributed by atoms with van der Waals surface area (Å²) in [6.07, 6.45) is 8.80. The Balaban J connectivity index is 1.81. The monoisotopic (exact) mass is 326 g/mol. The van der Waals surface area contributed by atoms with E-state index in [2.05, 4.69) is 63.7 Å². The van der Waals surface area contributed by atoms with E-state index in [1.165, 1.54) is 11.3 Å². The second-order valence-corrected chi connectivity index (χ2v) is 6.57. The number of nitrogens with zero attached hydrogens (tertiary/aromatic N) is 4. The summed E-state index contributed by atoms with van der Waals surface area (Å²) in [5.41, 5.74) is 2.57. The van der Waals surface area contributed by atoms with Crippen LogP contribution in [0.5, 0.6) is 0 Å². The van der Waals surface area contributed by atoms with Crippen LogP contribution in [0.25, 0.3) is 5.13 Å². The Morgan fingerprint density at radius 2 is 2.00 bits per heavy atom. The molecule has 23 heavy (non-hydrogen) atoms. The van der Waals surface area contributed by atoms with Crippen LogP contribution in [0, 0.1) is 0 Å². The average Bonchev–Trinajstić information content (AvgIpc) is 3.25. The van der Waals surface area contributed by atoms with Gasteiger partial charge in [0.25, 0.3) is 0 Å². The van der Waals surface area contributed by atoms with Crippen LogP contribution in [0.3, 0.4) is 0 Å². The SMILES string of the molecule is CCC(C)N(Cc1ccncc1)Cc1cccn1-c1nccs1. The minimum Gasteiger partial charge on any atom is -0.296 e. The highest BCUT2D eigenvalue weighted by Crippen LogP contribution is 2.19. The predicted octanol–water partition coefficient (Wildman–Crippen LogP) is 4.13. The van der Waals surface area contributed by atoms with Gasteiger partial charge < -0.3 is 0 Å². The van der Waals surface area contributed by atoms with E-state index in [-0.39, 0.29) is 0 Å². The van der Waals surface area contributed by atoms with Crippen LogP contribution >= 0.6 is 11.3 Å². The van der Waals surface area contributed by atoms with E-state index in [0.717, 1.165) is 24.6 Å². The Kier molecular flexibility index (Phi) is 5.20. The van der Waals surface area contributed by atoms with E-state index in [1.807, 2.05) is 24.0 Å². The van der Waals surface area contributed by atoms with E-state index < -0.39 is 0 Å². The third-order valence-electron chi connectivity index (χ3n) is 4.17. The fourth-order valence-electron chi connectivity index (χ4n) is 2.62. The van der Waals surface area contributed by atoms with Crippen molar-refractivity contribution in [1.29, 1.82) is 0 Å². The molecule has 0 saturated carbocycles. The molecule has 120 valence electrons. The molecule has 0 amide bonds. The summed E-state index contributed by atoms with van der Waals surface area (Å²) in [6.45, 7) is 6.37. The number of pyridine rings is 1. The molecule has 1 atom stereocenters. The molecule has 3 aromatic heterocycles. The van der Waals surface area contributed by atoms with E-state index in [4.69, 9.17) is 0 Å². The van der Waals surface area contributed by atoms with Crippen molar-refractivity contribution in [3.63, 3.8) is 0 Å². The standard InChI is InChI=1S/C18H22N4S/c1-3-15(2)21(13-16-6-8-19-9-7-16)14-17-5-4-11-22(17)18-20-10-12-23-18/h4-12,15H,3,13-14H2,1-2H3. The van der Waals surface area contributed by atoms with Crippen molar-refractivity contribution in [3.8, 4) is 5.13 Å². The van der Waals surface area contributed by atoms with Gasteiger partial charge in [0.05, 0.1) is 0 Å². The quantitative estimate of drug-likeness (QED) is 0.654. The van der Waals surface area contributed by atoms with Crippen LogP contribution in [0.1, 0.15) is 31.5 Å². The maximum absolute atomic E-state index is 4.43. The average molecular weight is 326 g/mol. The van der Waals surface area contributed by atoms with Gasteiger partial charge in [-0.1, -0.05) is 6.92 Å². The Morgan fingerprint density at radius 3 is 2.70 bits per heavy atom. The van der Waals surface area contributed by atoms with E-state index in [0.29, 0.717) is 6.04 Å². The molecule has 0 spiro atoms. The number of rotatable bonds is 7. The molecular formula is C18H22N4S. The van der Waals surface area contributed by atoms with Crippen LogP contribution < -0.4 is 0 Å². The van der Waals surface area contributed by atoms with Crippen LogP contribution in [0.15, 0.2) is 54.4 Å². The van der Waals surface area contributed by atoms with Crippen molar-refractivity contribution >= 4 is 11.3 Å². The second kappa shape index (κ2) is 7.53. The molecule has 0 bridgehead atoms. The maximum atomic E-state index is 4.43. The topological polar surface area (TPSA) is 34.0 Å². The smallest absolute Gasteiger partial charge is 0.193 e. The molecule has 0 aliphatic rings. The lowest BCUT2D eigenvalue weighted by molar-refractivity contribution is 0.183. The summed E-state index contributed by atoms with van der Waals surface area (Å²) in [5, 5.41) is 3.04. The van der Waals surface area contributed by atoms with Gasteiger partial charge in [-0.25, -0.2) is 4.98 Å². The van der Waals surface area contributed by atoms with Gasteiger partial charge in [-0.15, -0.1) is 11.3 Å². The Morgan fingerprint density at radius 1 is 1.17 bits per heavy atom. The van der Waals surface area contributed by atoms with Crippen molar-refractivity contribution in [3.05, 3.63) is 65.7 Å². The summed E-state index contributed by atoms with van der Waals surface area (Å²) in [6, 6.07) is 8.98. The van der Waals surface area contributed by atoms with Crippen molar-refractivity contribution in [2.45, 2.75) is 39.4 Å². The summed E-state index contributed by atoms with van der Waals surface area (Å²) in [7, 11) is 0. The first-order chi connectivity index (χ1) is 11.3. The lowest BCUT2D eigenvalue weighted by Gasteiger charge is -2.28. The van der Waals surface area contributed by atoms with E-state index in [9.17, 15) is 0 Å². The second-order valence-electron chi connectivity index (χ2n) is 5.70. The maximum Gasteiger partial charge on any atom is 0.193 e. The van der Waals surface area contributed by atoms with E-state index >= 15 is 0 Å². The van der Waals surface area contributed by atoms with Crippen molar-refractivity contribution in [2.75, 3.05) is 0 Å². The zero-order valence-corrected chi connectivity index (χ0v) is 14.4. The van der Waals surface area contributed by atoms with Crippen LogP contribution in [0.4, 0.5) is 0 Å². The molecule has 0 N–H and O–H groups in total. The van der Waals surface area contributed by atoms with Gasteiger partial charge in [-0.05, 0) is 43.2 Å². The molecule has 0 radical (unpaired) electrons. The van der Waals surface area contributed by atoms with Gasteiger partial charge in [0.15, 0.2) is 5.13 Å². The van der Waals surface area contributed by atoms with Crippen molar-refractivity contribution in [1.82, 2.24) is 19.4 Å². The first kappa shape index (κ1) is 15.9. The van der Waals surface area contributed by atoms with Crippen molar-refractivity contribution in [2.24, 2.45) is 0 Å². The first-order valence-electron chi connectivity index (χ1n) is 7.97. The van der Waals surface area contributed by atoms with Gasteiger partial charge in [-0.2, -0.15) is 0 Å². The van der Waals surface area contributed by atoms with Gasteiger partial charge in [0, 0.05) is 55.0 Å². The van der Waals surface area contributed by atoms with Gasteiger partial charge in [-0.3, -0.25) is 14.5 Å². The highest BCUT2D eigenvalue weighted by molar-refractivity contribution is 7.12. The minimum atomic E-state index is 0.516.